The van der Waals surface area contributed by atoms with Gasteiger partial charge in [0.15, 0.2) is 0 Å². The molecule has 0 bridgehead atoms. The molecular formula is C9H15N2+. The van der Waals surface area contributed by atoms with Crippen molar-refractivity contribution < 1.29 is 4.57 Å². The van der Waals surface area contributed by atoms with Crippen molar-refractivity contribution in [1.29, 1.82) is 0 Å². The minimum atomic E-state index is 1.03. The van der Waals surface area contributed by atoms with Crippen molar-refractivity contribution in [3.05, 3.63) is 24.3 Å². The summed E-state index contributed by atoms with van der Waals surface area (Å²) in [5.41, 5.74) is 1.28. The Hall–Kier alpha value is -1.05. The first-order chi connectivity index (χ1) is 5.20. The van der Waals surface area contributed by atoms with Crippen LogP contribution in [0.2, 0.25) is 0 Å². The third kappa shape index (κ3) is 1.20. The van der Waals surface area contributed by atoms with Gasteiger partial charge in [-0.25, -0.2) is 9.13 Å². The first-order valence-corrected chi connectivity index (χ1v) is 3.91. The minimum Gasteiger partial charge on any atom is -0.232 e. The van der Waals surface area contributed by atoms with Crippen molar-refractivity contribution in [3.63, 3.8) is 0 Å². The van der Waals surface area contributed by atoms with E-state index in [4.69, 9.17) is 0 Å². The second-order valence-electron chi connectivity index (χ2n) is 2.65. The first kappa shape index (κ1) is 8.05. The summed E-state index contributed by atoms with van der Waals surface area (Å²) in [7, 11) is 0. The lowest BCUT2D eigenvalue weighted by Crippen LogP contribution is -2.36. The molecule has 2 heteroatoms. The SMILES string of the molecule is C=Cn1cc(C)[n+](CC)c1C. The summed E-state index contributed by atoms with van der Waals surface area (Å²) in [6, 6.07) is 0. The van der Waals surface area contributed by atoms with Gasteiger partial charge in [-0.2, -0.15) is 0 Å². The molecule has 1 heterocycles. The van der Waals surface area contributed by atoms with Gasteiger partial charge in [0, 0.05) is 13.8 Å². The van der Waals surface area contributed by atoms with Crippen molar-refractivity contribution in [3.8, 4) is 0 Å². The highest BCUT2D eigenvalue weighted by Crippen LogP contribution is 1.98. The Morgan fingerprint density at radius 1 is 1.64 bits per heavy atom. The van der Waals surface area contributed by atoms with Crippen LogP contribution in [0.5, 0.6) is 0 Å². The van der Waals surface area contributed by atoms with Crippen LogP contribution in [0.4, 0.5) is 0 Å². The fraction of sp³-hybridized carbons (Fsp3) is 0.444. The van der Waals surface area contributed by atoms with Crippen LogP contribution in [0.3, 0.4) is 0 Å². The van der Waals surface area contributed by atoms with Gasteiger partial charge in [0.05, 0.1) is 12.7 Å². The van der Waals surface area contributed by atoms with E-state index in [9.17, 15) is 0 Å². The summed E-state index contributed by atoms with van der Waals surface area (Å²) in [6.45, 7) is 11.1. The highest BCUT2D eigenvalue weighted by molar-refractivity contribution is 5.18. The van der Waals surface area contributed by atoms with E-state index in [1.54, 1.807) is 0 Å². The van der Waals surface area contributed by atoms with Gasteiger partial charge in [-0.1, -0.05) is 6.58 Å². The normalized spacial score (nSPS) is 10.1. The predicted molar refractivity (Wildman–Crippen MR) is 46.2 cm³/mol. The predicted octanol–water partition coefficient (Wildman–Crippen LogP) is 1.51. The van der Waals surface area contributed by atoms with E-state index in [2.05, 4.69) is 38.1 Å². The molecule has 0 amide bonds. The summed E-state index contributed by atoms with van der Waals surface area (Å²) in [5, 5.41) is 0. The Bertz CT molecular complexity index is 271. The highest BCUT2D eigenvalue weighted by atomic mass is 15.1. The zero-order valence-corrected chi connectivity index (χ0v) is 7.46. The lowest BCUT2D eigenvalue weighted by Gasteiger charge is -1.93. The van der Waals surface area contributed by atoms with E-state index < -0.39 is 0 Å². The molecule has 0 aromatic carbocycles. The molecule has 1 rings (SSSR count). The average Bonchev–Trinajstić information content (AvgIpc) is 2.26. The van der Waals surface area contributed by atoms with Crippen molar-refractivity contribution in [2.24, 2.45) is 0 Å². The fourth-order valence-electron chi connectivity index (χ4n) is 1.42. The van der Waals surface area contributed by atoms with Gasteiger partial charge >= 0.3 is 0 Å². The molecule has 11 heavy (non-hydrogen) atoms. The van der Waals surface area contributed by atoms with Crippen LogP contribution in [0.15, 0.2) is 12.8 Å². The Balaban J connectivity index is 3.24. The van der Waals surface area contributed by atoms with Crippen LogP contribution >= 0.6 is 0 Å². The molecular weight excluding hydrogens is 136 g/mol. The highest BCUT2D eigenvalue weighted by Gasteiger charge is 2.11. The van der Waals surface area contributed by atoms with Gasteiger partial charge in [-0.05, 0) is 6.92 Å². The topological polar surface area (TPSA) is 8.81 Å². The van der Waals surface area contributed by atoms with Gasteiger partial charge in [0.1, 0.15) is 11.9 Å². The number of aromatic nitrogens is 2. The van der Waals surface area contributed by atoms with Crippen molar-refractivity contribution in [2.45, 2.75) is 27.3 Å². The first-order valence-electron chi connectivity index (χ1n) is 3.91. The quantitative estimate of drug-likeness (QED) is 0.567. The summed E-state index contributed by atoms with van der Waals surface area (Å²) < 4.78 is 4.29. The Kier molecular flexibility index (Phi) is 2.13. The van der Waals surface area contributed by atoms with Crippen molar-refractivity contribution in [1.82, 2.24) is 4.57 Å². The van der Waals surface area contributed by atoms with Gasteiger partial charge in [0.2, 0.25) is 0 Å². The van der Waals surface area contributed by atoms with E-state index in [-0.39, 0.29) is 0 Å². The summed E-state index contributed by atoms with van der Waals surface area (Å²) in [4.78, 5) is 0. The Morgan fingerprint density at radius 2 is 2.27 bits per heavy atom. The Labute approximate surface area is 67.8 Å². The number of nitrogens with zero attached hydrogens (tertiary/aromatic N) is 2. The van der Waals surface area contributed by atoms with Crippen molar-refractivity contribution in [2.75, 3.05) is 0 Å². The molecule has 60 valence electrons. The lowest BCUT2D eigenvalue weighted by molar-refractivity contribution is -0.704. The van der Waals surface area contributed by atoms with E-state index in [0.717, 1.165) is 6.54 Å². The average molecular weight is 151 g/mol. The molecule has 0 aliphatic heterocycles. The monoisotopic (exact) mass is 151 g/mol. The molecule has 2 nitrogen and oxygen atoms in total. The summed E-state index contributed by atoms with van der Waals surface area (Å²) >= 11 is 0. The van der Waals surface area contributed by atoms with Crippen LogP contribution < -0.4 is 4.57 Å². The molecule has 0 aliphatic rings. The molecule has 0 N–H and O–H groups in total. The van der Waals surface area contributed by atoms with E-state index in [1.165, 1.54) is 11.5 Å². The maximum atomic E-state index is 3.73. The smallest absolute Gasteiger partial charge is 0.232 e. The number of hydrogen-bond acceptors (Lipinski definition) is 0. The van der Waals surface area contributed by atoms with Crippen molar-refractivity contribution >= 4 is 6.20 Å². The maximum absolute atomic E-state index is 3.73. The van der Waals surface area contributed by atoms with Gasteiger partial charge in [-0.3, -0.25) is 0 Å². The van der Waals surface area contributed by atoms with Gasteiger partial charge in [0.25, 0.3) is 5.82 Å². The largest absolute Gasteiger partial charge is 0.258 e. The van der Waals surface area contributed by atoms with Gasteiger partial charge < -0.3 is 0 Å². The zero-order chi connectivity index (χ0) is 8.43. The lowest BCUT2D eigenvalue weighted by atomic mass is 10.5. The van der Waals surface area contributed by atoms with Crippen LogP contribution in [0.1, 0.15) is 18.4 Å². The molecule has 1 aromatic rings. The number of imidazole rings is 1. The standard InChI is InChI=1S/C9H15N2/c1-5-10-7-8(3)11(6-2)9(10)4/h5,7H,1,6H2,2-4H3/q+1. The molecule has 0 unspecified atom stereocenters. The zero-order valence-electron chi connectivity index (χ0n) is 7.46. The number of hydrogen-bond donors (Lipinski definition) is 0. The van der Waals surface area contributed by atoms with E-state index in [0.29, 0.717) is 0 Å². The molecule has 1 aromatic heterocycles. The second kappa shape index (κ2) is 2.91. The van der Waals surface area contributed by atoms with Crippen LogP contribution in [0, 0.1) is 13.8 Å². The van der Waals surface area contributed by atoms with E-state index >= 15 is 0 Å². The third-order valence-corrected chi connectivity index (χ3v) is 2.03. The van der Waals surface area contributed by atoms with Crippen LogP contribution in [-0.4, -0.2) is 4.57 Å². The molecule has 0 saturated carbocycles. The van der Waals surface area contributed by atoms with Gasteiger partial charge in [-0.15, -0.1) is 0 Å². The van der Waals surface area contributed by atoms with Crippen LogP contribution in [0.25, 0.3) is 6.20 Å². The molecule has 0 spiro atoms. The molecule has 0 atom stereocenters. The number of aryl methyl sites for hydroxylation is 1. The molecule has 0 saturated heterocycles. The molecule has 0 fully saturated rings. The van der Waals surface area contributed by atoms with Crippen LogP contribution in [-0.2, 0) is 6.54 Å². The minimum absolute atomic E-state index is 1.03. The second-order valence-corrected chi connectivity index (χ2v) is 2.65. The summed E-state index contributed by atoms with van der Waals surface area (Å²) in [6.07, 6.45) is 3.92. The third-order valence-electron chi connectivity index (χ3n) is 2.03. The van der Waals surface area contributed by atoms with E-state index in [1.807, 2.05) is 10.8 Å². The maximum Gasteiger partial charge on any atom is 0.258 e. The molecule has 0 aliphatic carbocycles. The number of rotatable bonds is 2. The summed E-state index contributed by atoms with van der Waals surface area (Å²) in [5.74, 6) is 1.24. The fourth-order valence-corrected chi connectivity index (χ4v) is 1.42. The molecule has 0 radical (unpaired) electrons. The Morgan fingerprint density at radius 3 is 2.55 bits per heavy atom.